The molecule has 0 saturated heterocycles. The summed E-state index contributed by atoms with van der Waals surface area (Å²) in [5, 5.41) is 7.73. The van der Waals surface area contributed by atoms with Crippen LogP contribution in [0.25, 0.3) is 10.4 Å². The molecule has 3 aromatic rings. The predicted molar refractivity (Wildman–Crippen MR) is 89.3 cm³/mol. The standard InChI is InChI=1S/C17H13NS2/c1-2-13-5-3-6-15(9-13)18-11-16-10-14(12-20-16)17-7-4-8-19-17/h1,3-10,12,18H,11H2. The van der Waals surface area contributed by atoms with E-state index in [9.17, 15) is 0 Å². The van der Waals surface area contributed by atoms with Crippen LogP contribution in [0.1, 0.15) is 10.4 Å². The lowest BCUT2D eigenvalue weighted by Gasteiger charge is -2.04. The fourth-order valence-electron chi connectivity index (χ4n) is 1.95. The fourth-order valence-corrected chi connectivity index (χ4v) is 3.57. The van der Waals surface area contributed by atoms with E-state index in [1.54, 1.807) is 22.7 Å². The van der Waals surface area contributed by atoms with Crippen molar-refractivity contribution in [3.05, 3.63) is 63.7 Å². The van der Waals surface area contributed by atoms with Crippen molar-refractivity contribution < 1.29 is 0 Å². The second-order valence-corrected chi connectivity index (χ2v) is 6.30. The zero-order valence-electron chi connectivity index (χ0n) is 10.8. The molecule has 0 unspecified atom stereocenters. The molecule has 0 fully saturated rings. The van der Waals surface area contributed by atoms with Crippen LogP contribution in [0.3, 0.4) is 0 Å². The van der Waals surface area contributed by atoms with Crippen LogP contribution in [0.5, 0.6) is 0 Å². The molecule has 0 aliphatic carbocycles. The molecule has 1 nitrogen and oxygen atoms in total. The number of terminal acetylenes is 1. The lowest BCUT2D eigenvalue weighted by molar-refractivity contribution is 1.19. The van der Waals surface area contributed by atoms with E-state index in [1.165, 1.54) is 15.3 Å². The molecule has 0 radical (unpaired) electrons. The highest BCUT2D eigenvalue weighted by atomic mass is 32.1. The third kappa shape index (κ3) is 2.93. The summed E-state index contributed by atoms with van der Waals surface area (Å²) in [6, 6.07) is 14.4. The summed E-state index contributed by atoms with van der Waals surface area (Å²) < 4.78 is 0. The molecule has 0 bridgehead atoms. The first kappa shape index (κ1) is 13.0. The zero-order valence-corrected chi connectivity index (χ0v) is 12.4. The van der Waals surface area contributed by atoms with Crippen LogP contribution in [0.15, 0.2) is 53.2 Å². The smallest absolute Gasteiger partial charge is 0.0494 e. The lowest BCUT2D eigenvalue weighted by atomic mass is 10.2. The zero-order chi connectivity index (χ0) is 13.8. The van der Waals surface area contributed by atoms with Gasteiger partial charge in [-0.25, -0.2) is 0 Å². The topological polar surface area (TPSA) is 12.0 Å². The van der Waals surface area contributed by atoms with Crippen LogP contribution in [-0.4, -0.2) is 0 Å². The van der Waals surface area contributed by atoms with Gasteiger partial charge in [0.25, 0.3) is 0 Å². The van der Waals surface area contributed by atoms with Crippen molar-refractivity contribution in [3.63, 3.8) is 0 Å². The van der Waals surface area contributed by atoms with Crippen molar-refractivity contribution in [2.45, 2.75) is 6.54 Å². The Morgan fingerprint density at radius 1 is 1.10 bits per heavy atom. The van der Waals surface area contributed by atoms with Crippen molar-refractivity contribution in [3.8, 4) is 22.8 Å². The third-order valence-electron chi connectivity index (χ3n) is 2.96. The molecule has 0 atom stereocenters. The molecular weight excluding hydrogens is 282 g/mol. The van der Waals surface area contributed by atoms with Gasteiger partial charge in [0.05, 0.1) is 0 Å². The maximum atomic E-state index is 5.41. The summed E-state index contributed by atoms with van der Waals surface area (Å²) in [5.41, 5.74) is 3.27. The van der Waals surface area contributed by atoms with E-state index in [2.05, 4.69) is 40.2 Å². The van der Waals surface area contributed by atoms with Gasteiger partial charge in [-0.1, -0.05) is 18.1 Å². The summed E-state index contributed by atoms with van der Waals surface area (Å²) in [7, 11) is 0. The van der Waals surface area contributed by atoms with Crippen LogP contribution in [0, 0.1) is 12.3 Å². The van der Waals surface area contributed by atoms with Crippen molar-refractivity contribution in [2.24, 2.45) is 0 Å². The molecule has 0 aliphatic heterocycles. The SMILES string of the molecule is C#Cc1cccc(NCc2cc(-c3cccs3)cs2)c1. The van der Waals surface area contributed by atoms with Crippen molar-refractivity contribution in [2.75, 3.05) is 5.32 Å². The van der Waals surface area contributed by atoms with Crippen molar-refractivity contribution in [1.29, 1.82) is 0 Å². The lowest BCUT2D eigenvalue weighted by Crippen LogP contribution is -1.97. The van der Waals surface area contributed by atoms with Gasteiger partial charge < -0.3 is 5.32 Å². The van der Waals surface area contributed by atoms with Crippen molar-refractivity contribution >= 4 is 28.4 Å². The Morgan fingerprint density at radius 2 is 2.05 bits per heavy atom. The number of thiophene rings is 2. The first-order valence-corrected chi connectivity index (χ1v) is 8.03. The van der Waals surface area contributed by atoms with Crippen LogP contribution in [0.4, 0.5) is 5.69 Å². The monoisotopic (exact) mass is 295 g/mol. The van der Waals surface area contributed by atoms with Crippen LogP contribution in [0.2, 0.25) is 0 Å². The highest BCUT2D eigenvalue weighted by molar-refractivity contribution is 7.14. The minimum absolute atomic E-state index is 0.823. The number of hydrogen-bond acceptors (Lipinski definition) is 3. The molecule has 2 aromatic heterocycles. The molecule has 0 spiro atoms. The summed E-state index contributed by atoms with van der Waals surface area (Å²) in [4.78, 5) is 2.64. The second kappa shape index (κ2) is 5.96. The summed E-state index contributed by atoms with van der Waals surface area (Å²) >= 11 is 3.55. The molecule has 0 saturated carbocycles. The molecule has 3 heteroatoms. The molecule has 2 heterocycles. The minimum atomic E-state index is 0.823. The predicted octanol–water partition coefficient (Wildman–Crippen LogP) is 5.07. The Morgan fingerprint density at radius 3 is 2.85 bits per heavy atom. The van der Waals surface area contributed by atoms with Gasteiger partial charge >= 0.3 is 0 Å². The Hall–Kier alpha value is -2.02. The Bertz CT molecular complexity index is 732. The van der Waals surface area contributed by atoms with Gasteiger partial charge in [0.15, 0.2) is 0 Å². The molecule has 98 valence electrons. The minimum Gasteiger partial charge on any atom is -0.380 e. The van der Waals surface area contributed by atoms with Crippen molar-refractivity contribution in [1.82, 2.24) is 0 Å². The molecule has 0 amide bonds. The van der Waals surface area contributed by atoms with Gasteiger partial charge in [-0.15, -0.1) is 29.1 Å². The Balaban J connectivity index is 1.68. The van der Waals surface area contributed by atoms with Crippen LogP contribution >= 0.6 is 22.7 Å². The van der Waals surface area contributed by atoms with E-state index >= 15 is 0 Å². The van der Waals surface area contributed by atoms with E-state index in [0.29, 0.717) is 0 Å². The summed E-state index contributed by atoms with van der Waals surface area (Å²) in [6.45, 7) is 0.823. The molecule has 3 rings (SSSR count). The number of rotatable bonds is 4. The molecule has 1 aromatic carbocycles. The van der Waals surface area contributed by atoms with E-state index in [-0.39, 0.29) is 0 Å². The summed E-state index contributed by atoms with van der Waals surface area (Å²) in [6.07, 6.45) is 5.41. The van der Waals surface area contributed by atoms with E-state index in [0.717, 1.165) is 17.8 Å². The van der Waals surface area contributed by atoms with E-state index in [1.807, 2.05) is 24.3 Å². The van der Waals surface area contributed by atoms with Gasteiger partial charge in [0.2, 0.25) is 0 Å². The van der Waals surface area contributed by atoms with Crippen LogP contribution in [-0.2, 0) is 6.54 Å². The first-order valence-electron chi connectivity index (χ1n) is 6.27. The van der Waals surface area contributed by atoms with Crippen LogP contribution < -0.4 is 5.32 Å². The first-order chi connectivity index (χ1) is 9.85. The van der Waals surface area contributed by atoms with E-state index in [4.69, 9.17) is 6.42 Å². The molecular formula is C17H13NS2. The highest BCUT2D eigenvalue weighted by Crippen LogP contribution is 2.29. The van der Waals surface area contributed by atoms with Gasteiger partial charge in [0.1, 0.15) is 0 Å². The Labute approximate surface area is 126 Å². The molecule has 1 N–H and O–H groups in total. The highest BCUT2D eigenvalue weighted by Gasteiger charge is 2.03. The average molecular weight is 295 g/mol. The number of nitrogens with one attached hydrogen (secondary N) is 1. The third-order valence-corrected chi connectivity index (χ3v) is 4.81. The van der Waals surface area contributed by atoms with Gasteiger partial charge in [0, 0.05) is 33.1 Å². The second-order valence-electron chi connectivity index (χ2n) is 4.36. The fraction of sp³-hybridized carbons (Fsp3) is 0.0588. The van der Waals surface area contributed by atoms with Gasteiger partial charge in [-0.3, -0.25) is 0 Å². The Kier molecular flexibility index (Phi) is 3.87. The quantitative estimate of drug-likeness (QED) is 0.663. The largest absolute Gasteiger partial charge is 0.380 e. The number of benzene rings is 1. The average Bonchev–Trinajstić information content (AvgIpc) is 3.16. The molecule has 20 heavy (non-hydrogen) atoms. The maximum absolute atomic E-state index is 5.41. The number of hydrogen-bond donors (Lipinski definition) is 1. The summed E-state index contributed by atoms with van der Waals surface area (Å²) in [5.74, 6) is 2.65. The van der Waals surface area contributed by atoms with Gasteiger partial charge in [-0.05, 0) is 41.1 Å². The molecule has 0 aliphatic rings. The normalized spacial score (nSPS) is 10.2. The maximum Gasteiger partial charge on any atom is 0.0494 e. The number of anilines is 1. The van der Waals surface area contributed by atoms with E-state index < -0.39 is 0 Å². The van der Waals surface area contributed by atoms with Gasteiger partial charge in [-0.2, -0.15) is 0 Å².